The van der Waals surface area contributed by atoms with Crippen LogP contribution < -0.4 is 11.1 Å². The summed E-state index contributed by atoms with van der Waals surface area (Å²) in [5, 5.41) is 6.53. The highest BCUT2D eigenvalue weighted by molar-refractivity contribution is 5.67. The molecule has 2 aromatic rings. The Kier molecular flexibility index (Phi) is 2.66. The van der Waals surface area contributed by atoms with E-state index in [1.54, 1.807) is 7.05 Å². The number of nitrogens with one attached hydrogen (secondary N) is 1. The maximum Gasteiger partial charge on any atom is 0.194 e. The van der Waals surface area contributed by atoms with Gasteiger partial charge in [0, 0.05) is 31.1 Å². The smallest absolute Gasteiger partial charge is 0.194 e. The molecule has 3 N–H and O–H groups in total. The van der Waals surface area contributed by atoms with Crippen LogP contribution >= 0.6 is 0 Å². The minimum Gasteiger partial charge on any atom is -0.394 e. The number of benzene rings is 1. The Morgan fingerprint density at radius 3 is 2.29 bits per heavy atom. The lowest BCUT2D eigenvalue weighted by Crippen LogP contribution is -1.99. The van der Waals surface area contributed by atoms with Gasteiger partial charge in [0.15, 0.2) is 23.3 Å². The van der Waals surface area contributed by atoms with Crippen molar-refractivity contribution < 1.29 is 13.2 Å². The van der Waals surface area contributed by atoms with Gasteiger partial charge >= 0.3 is 0 Å². The number of nitrogens with zero attached hydrogens (tertiary/aromatic N) is 2. The number of nitrogens with two attached hydrogens (primary N) is 1. The molecule has 4 nitrogen and oxygen atoms in total. The lowest BCUT2D eigenvalue weighted by Gasteiger charge is -2.05. The number of aryl methyl sites for hydroxylation is 1. The second-order valence-electron chi connectivity index (χ2n) is 3.49. The van der Waals surface area contributed by atoms with Crippen molar-refractivity contribution in [3.05, 3.63) is 35.8 Å². The quantitative estimate of drug-likeness (QED) is 0.793. The van der Waals surface area contributed by atoms with Crippen molar-refractivity contribution in [2.45, 2.75) is 0 Å². The molecule has 0 atom stereocenters. The van der Waals surface area contributed by atoms with E-state index in [4.69, 9.17) is 5.73 Å². The standard InChI is InChI=1S/C10H9F3N4/c1-17-4-8(14)10(16-17)15-5-2-6(11)9(13)7(12)3-5/h2-4H,14H2,1H3,(H,15,16). The number of nitrogen functional groups attached to an aromatic ring is 1. The van der Waals surface area contributed by atoms with Crippen LogP contribution in [0.3, 0.4) is 0 Å². The van der Waals surface area contributed by atoms with Crippen molar-refractivity contribution in [1.82, 2.24) is 9.78 Å². The second-order valence-corrected chi connectivity index (χ2v) is 3.49. The first-order valence-electron chi connectivity index (χ1n) is 4.68. The molecule has 1 aromatic carbocycles. The summed E-state index contributed by atoms with van der Waals surface area (Å²) in [7, 11) is 1.65. The van der Waals surface area contributed by atoms with Crippen molar-refractivity contribution in [2.24, 2.45) is 7.05 Å². The van der Waals surface area contributed by atoms with Crippen LogP contribution in [-0.2, 0) is 7.05 Å². The van der Waals surface area contributed by atoms with E-state index in [0.29, 0.717) is 5.69 Å². The Morgan fingerprint density at radius 1 is 1.24 bits per heavy atom. The van der Waals surface area contributed by atoms with Gasteiger partial charge in [0.25, 0.3) is 0 Å². The summed E-state index contributed by atoms with van der Waals surface area (Å²) in [5.41, 5.74) is 5.94. The molecule has 1 heterocycles. The van der Waals surface area contributed by atoms with Crippen molar-refractivity contribution in [2.75, 3.05) is 11.1 Å². The van der Waals surface area contributed by atoms with Gasteiger partial charge in [0.2, 0.25) is 0 Å². The summed E-state index contributed by atoms with van der Waals surface area (Å²) >= 11 is 0. The van der Waals surface area contributed by atoms with E-state index >= 15 is 0 Å². The molecular formula is C10H9F3N4. The fourth-order valence-corrected chi connectivity index (χ4v) is 1.37. The first kappa shape index (κ1) is 11.3. The number of halogens is 3. The van der Waals surface area contributed by atoms with E-state index in [0.717, 1.165) is 12.1 Å². The third kappa shape index (κ3) is 2.17. The van der Waals surface area contributed by atoms with Crippen LogP contribution in [-0.4, -0.2) is 9.78 Å². The number of rotatable bonds is 2. The summed E-state index contributed by atoms with van der Waals surface area (Å²) in [6.45, 7) is 0. The van der Waals surface area contributed by atoms with Gasteiger partial charge in [0.05, 0.1) is 5.69 Å². The van der Waals surface area contributed by atoms with Crippen LogP contribution in [0.4, 0.5) is 30.4 Å². The summed E-state index contributed by atoms with van der Waals surface area (Å²) in [4.78, 5) is 0. The largest absolute Gasteiger partial charge is 0.394 e. The maximum absolute atomic E-state index is 12.9. The number of aromatic nitrogens is 2. The molecule has 0 unspecified atom stereocenters. The number of hydrogen-bond acceptors (Lipinski definition) is 3. The second kappa shape index (κ2) is 4.00. The Bertz CT molecular complexity index is 542. The van der Waals surface area contributed by atoms with Gasteiger partial charge in [-0.3, -0.25) is 4.68 Å². The maximum atomic E-state index is 12.9. The average molecular weight is 242 g/mol. The molecule has 17 heavy (non-hydrogen) atoms. The van der Waals surface area contributed by atoms with E-state index in [-0.39, 0.29) is 11.5 Å². The Hall–Kier alpha value is -2.18. The minimum absolute atomic E-state index is 0.0341. The van der Waals surface area contributed by atoms with Gasteiger partial charge in [-0.15, -0.1) is 0 Å². The molecule has 0 fully saturated rings. The van der Waals surface area contributed by atoms with Crippen LogP contribution in [0, 0.1) is 17.5 Å². The topological polar surface area (TPSA) is 55.9 Å². The number of anilines is 3. The fraction of sp³-hybridized carbons (Fsp3) is 0.100. The molecule has 0 aliphatic rings. The van der Waals surface area contributed by atoms with Crippen LogP contribution in [0.5, 0.6) is 0 Å². The van der Waals surface area contributed by atoms with Crippen LogP contribution in [0.25, 0.3) is 0 Å². The Balaban J connectivity index is 2.33. The Morgan fingerprint density at radius 2 is 1.82 bits per heavy atom. The molecule has 0 saturated carbocycles. The van der Waals surface area contributed by atoms with Crippen molar-refractivity contribution in [3.8, 4) is 0 Å². The summed E-state index contributed by atoms with van der Waals surface area (Å²) in [5.74, 6) is -3.81. The predicted octanol–water partition coefficient (Wildman–Crippen LogP) is 2.16. The molecule has 0 radical (unpaired) electrons. The van der Waals surface area contributed by atoms with Gasteiger partial charge < -0.3 is 11.1 Å². The third-order valence-corrected chi connectivity index (χ3v) is 2.10. The molecule has 1 aromatic heterocycles. The van der Waals surface area contributed by atoms with E-state index in [1.165, 1.54) is 10.9 Å². The number of hydrogen-bond donors (Lipinski definition) is 2. The van der Waals surface area contributed by atoms with Crippen molar-refractivity contribution in [3.63, 3.8) is 0 Å². The zero-order valence-electron chi connectivity index (χ0n) is 8.84. The fourth-order valence-electron chi connectivity index (χ4n) is 1.37. The predicted molar refractivity (Wildman–Crippen MR) is 57.2 cm³/mol. The van der Waals surface area contributed by atoms with Crippen LogP contribution in [0.2, 0.25) is 0 Å². The molecule has 0 aliphatic heterocycles. The Labute approximate surface area is 94.8 Å². The molecule has 90 valence electrons. The molecule has 0 spiro atoms. The van der Waals surface area contributed by atoms with Crippen LogP contribution in [0.1, 0.15) is 0 Å². The molecule has 0 bridgehead atoms. The van der Waals surface area contributed by atoms with Gasteiger partial charge in [-0.2, -0.15) is 5.10 Å². The summed E-state index contributed by atoms with van der Waals surface area (Å²) < 4.78 is 40.0. The molecule has 2 rings (SSSR count). The van der Waals surface area contributed by atoms with Crippen LogP contribution in [0.15, 0.2) is 18.3 Å². The molecular weight excluding hydrogens is 233 g/mol. The summed E-state index contributed by atoms with van der Waals surface area (Å²) in [6, 6.07) is 1.65. The zero-order valence-corrected chi connectivity index (χ0v) is 8.84. The monoisotopic (exact) mass is 242 g/mol. The zero-order chi connectivity index (χ0) is 12.6. The van der Waals surface area contributed by atoms with Gasteiger partial charge in [-0.1, -0.05) is 0 Å². The lowest BCUT2D eigenvalue weighted by atomic mass is 10.3. The highest BCUT2D eigenvalue weighted by Gasteiger charge is 2.12. The van der Waals surface area contributed by atoms with Gasteiger partial charge in [-0.25, -0.2) is 13.2 Å². The summed E-state index contributed by atoms with van der Waals surface area (Å²) in [6.07, 6.45) is 1.53. The highest BCUT2D eigenvalue weighted by atomic mass is 19.2. The molecule has 0 saturated heterocycles. The highest BCUT2D eigenvalue weighted by Crippen LogP contribution is 2.23. The molecule has 0 amide bonds. The third-order valence-electron chi connectivity index (χ3n) is 2.10. The first-order valence-corrected chi connectivity index (χ1v) is 4.68. The minimum atomic E-state index is -1.51. The van der Waals surface area contributed by atoms with E-state index < -0.39 is 17.5 Å². The van der Waals surface area contributed by atoms with Crippen molar-refractivity contribution in [1.29, 1.82) is 0 Å². The lowest BCUT2D eigenvalue weighted by molar-refractivity contribution is 0.448. The van der Waals surface area contributed by atoms with E-state index in [1.807, 2.05) is 0 Å². The molecule has 0 aliphatic carbocycles. The average Bonchev–Trinajstić information content (AvgIpc) is 2.54. The molecule has 7 heteroatoms. The van der Waals surface area contributed by atoms with E-state index in [9.17, 15) is 13.2 Å². The van der Waals surface area contributed by atoms with Crippen molar-refractivity contribution >= 4 is 17.2 Å². The van der Waals surface area contributed by atoms with Gasteiger partial charge in [0.1, 0.15) is 0 Å². The first-order chi connectivity index (χ1) is 7.97. The van der Waals surface area contributed by atoms with E-state index in [2.05, 4.69) is 10.4 Å². The SMILES string of the molecule is Cn1cc(N)c(Nc2cc(F)c(F)c(F)c2)n1. The van der Waals surface area contributed by atoms with Gasteiger partial charge in [-0.05, 0) is 0 Å². The normalized spacial score (nSPS) is 10.6.